The first-order valence-corrected chi connectivity index (χ1v) is 7.63. The largest absolute Gasteiger partial charge is 0.313 e. The molecular formula is C11H23NO2S. The molecule has 4 heteroatoms. The Morgan fingerprint density at radius 1 is 1.40 bits per heavy atom. The van der Waals surface area contributed by atoms with Gasteiger partial charge in [0.1, 0.15) is 0 Å². The van der Waals surface area contributed by atoms with Crippen LogP contribution in [0.5, 0.6) is 0 Å². The van der Waals surface area contributed by atoms with Crippen molar-refractivity contribution >= 4 is 9.84 Å². The van der Waals surface area contributed by atoms with Gasteiger partial charge in [-0.1, -0.05) is 27.2 Å². The van der Waals surface area contributed by atoms with Gasteiger partial charge in [0.15, 0.2) is 9.84 Å². The van der Waals surface area contributed by atoms with Crippen molar-refractivity contribution in [3.05, 3.63) is 0 Å². The summed E-state index contributed by atoms with van der Waals surface area (Å²) in [5.41, 5.74) is 0. The van der Waals surface area contributed by atoms with Gasteiger partial charge in [-0.2, -0.15) is 0 Å². The van der Waals surface area contributed by atoms with Crippen molar-refractivity contribution in [2.24, 2.45) is 5.92 Å². The molecule has 0 bridgehead atoms. The molecule has 0 atom stereocenters. The smallest absolute Gasteiger partial charge is 0.154 e. The molecule has 0 heterocycles. The maximum absolute atomic E-state index is 11.8. The molecule has 1 rings (SSSR count). The summed E-state index contributed by atoms with van der Waals surface area (Å²) in [5, 5.41) is 3.26. The lowest BCUT2D eigenvalue weighted by atomic mass is 9.72. The SMILES string of the molecule is CCC1CC(CNC(C)C)(S(C)(=O)=O)C1. The van der Waals surface area contributed by atoms with Gasteiger partial charge in [0, 0.05) is 18.8 Å². The van der Waals surface area contributed by atoms with E-state index in [1.807, 2.05) is 13.8 Å². The average molecular weight is 233 g/mol. The second kappa shape index (κ2) is 4.42. The molecule has 0 aliphatic heterocycles. The fraction of sp³-hybridized carbons (Fsp3) is 1.00. The van der Waals surface area contributed by atoms with Crippen LogP contribution in [0.1, 0.15) is 40.0 Å². The third kappa shape index (κ3) is 2.72. The molecule has 15 heavy (non-hydrogen) atoms. The van der Waals surface area contributed by atoms with Crippen molar-refractivity contribution < 1.29 is 8.42 Å². The lowest BCUT2D eigenvalue weighted by molar-refractivity contribution is 0.203. The molecule has 0 radical (unpaired) electrons. The van der Waals surface area contributed by atoms with Gasteiger partial charge in [-0.25, -0.2) is 8.42 Å². The number of hydrogen-bond donors (Lipinski definition) is 1. The van der Waals surface area contributed by atoms with Crippen LogP contribution in [0, 0.1) is 5.92 Å². The first-order valence-electron chi connectivity index (χ1n) is 5.74. The van der Waals surface area contributed by atoms with Gasteiger partial charge in [-0.3, -0.25) is 0 Å². The van der Waals surface area contributed by atoms with E-state index < -0.39 is 14.6 Å². The van der Waals surface area contributed by atoms with Crippen molar-refractivity contribution in [2.45, 2.75) is 50.8 Å². The van der Waals surface area contributed by atoms with Crippen LogP contribution in [0.3, 0.4) is 0 Å². The Morgan fingerprint density at radius 3 is 2.27 bits per heavy atom. The van der Waals surface area contributed by atoms with E-state index in [1.165, 1.54) is 6.26 Å². The average Bonchev–Trinajstić information content (AvgIpc) is 1.99. The van der Waals surface area contributed by atoms with Crippen LogP contribution in [-0.2, 0) is 9.84 Å². The number of sulfone groups is 1. The second-order valence-electron chi connectivity index (χ2n) is 5.17. The molecule has 0 aromatic heterocycles. The van der Waals surface area contributed by atoms with Crippen molar-refractivity contribution in [1.82, 2.24) is 5.32 Å². The molecule has 0 aromatic carbocycles. The molecule has 1 aliphatic rings. The molecule has 0 saturated heterocycles. The van der Waals surface area contributed by atoms with Gasteiger partial charge in [0.05, 0.1) is 4.75 Å². The van der Waals surface area contributed by atoms with Gasteiger partial charge in [-0.15, -0.1) is 0 Å². The van der Waals surface area contributed by atoms with Gasteiger partial charge in [0.2, 0.25) is 0 Å². The van der Waals surface area contributed by atoms with E-state index in [0.717, 1.165) is 19.3 Å². The van der Waals surface area contributed by atoms with Crippen LogP contribution in [0.2, 0.25) is 0 Å². The molecule has 1 N–H and O–H groups in total. The van der Waals surface area contributed by atoms with Crippen molar-refractivity contribution in [3.8, 4) is 0 Å². The third-order valence-electron chi connectivity index (χ3n) is 3.52. The Morgan fingerprint density at radius 2 is 1.93 bits per heavy atom. The van der Waals surface area contributed by atoms with E-state index >= 15 is 0 Å². The third-order valence-corrected chi connectivity index (χ3v) is 5.57. The molecule has 3 nitrogen and oxygen atoms in total. The molecule has 1 aliphatic carbocycles. The lowest BCUT2D eigenvalue weighted by Crippen LogP contribution is -2.56. The maximum Gasteiger partial charge on any atom is 0.154 e. The summed E-state index contributed by atoms with van der Waals surface area (Å²) in [6.07, 6.45) is 4.14. The number of hydrogen-bond acceptors (Lipinski definition) is 3. The van der Waals surface area contributed by atoms with Gasteiger partial charge >= 0.3 is 0 Å². The minimum atomic E-state index is -2.93. The second-order valence-corrected chi connectivity index (χ2v) is 7.58. The maximum atomic E-state index is 11.8. The van der Waals surface area contributed by atoms with Crippen molar-refractivity contribution in [3.63, 3.8) is 0 Å². The number of nitrogens with one attached hydrogen (secondary N) is 1. The van der Waals surface area contributed by atoms with E-state index in [2.05, 4.69) is 12.2 Å². The summed E-state index contributed by atoms with van der Waals surface area (Å²) in [6.45, 7) is 6.84. The highest BCUT2D eigenvalue weighted by atomic mass is 32.2. The fourth-order valence-electron chi connectivity index (χ4n) is 2.25. The highest BCUT2D eigenvalue weighted by Crippen LogP contribution is 2.44. The Balaban J connectivity index is 2.66. The predicted octanol–water partition coefficient (Wildman–Crippen LogP) is 1.59. The molecule has 0 spiro atoms. The topological polar surface area (TPSA) is 46.2 Å². The van der Waals surface area contributed by atoms with E-state index in [-0.39, 0.29) is 0 Å². The molecule has 1 saturated carbocycles. The Bertz CT molecular complexity index is 303. The minimum absolute atomic E-state index is 0.351. The first-order chi connectivity index (χ1) is 6.81. The molecule has 1 fully saturated rings. The zero-order valence-electron chi connectivity index (χ0n) is 10.2. The monoisotopic (exact) mass is 233 g/mol. The molecular weight excluding hydrogens is 210 g/mol. The van der Waals surface area contributed by atoms with Crippen LogP contribution in [0.4, 0.5) is 0 Å². The fourth-order valence-corrected chi connectivity index (χ4v) is 3.67. The molecule has 0 amide bonds. The minimum Gasteiger partial charge on any atom is -0.313 e. The summed E-state index contributed by atoms with van der Waals surface area (Å²) >= 11 is 0. The molecule has 90 valence electrons. The van der Waals surface area contributed by atoms with Crippen LogP contribution in [0.15, 0.2) is 0 Å². The van der Waals surface area contributed by atoms with Crippen molar-refractivity contribution in [2.75, 3.05) is 12.8 Å². The van der Waals surface area contributed by atoms with Crippen LogP contribution >= 0.6 is 0 Å². The van der Waals surface area contributed by atoms with Gasteiger partial charge in [-0.05, 0) is 18.8 Å². The predicted molar refractivity (Wildman–Crippen MR) is 63.7 cm³/mol. The molecule has 0 unspecified atom stereocenters. The van der Waals surface area contributed by atoms with Crippen LogP contribution < -0.4 is 5.32 Å². The standard InChI is InChI=1S/C11H23NO2S/c1-5-10-6-11(7-10,15(4,13)14)8-12-9(2)3/h9-10,12H,5-8H2,1-4H3. The van der Waals surface area contributed by atoms with E-state index in [1.54, 1.807) is 0 Å². The summed E-state index contributed by atoms with van der Waals surface area (Å²) in [7, 11) is -2.93. The Hall–Kier alpha value is -0.0900. The van der Waals surface area contributed by atoms with Crippen LogP contribution in [0.25, 0.3) is 0 Å². The zero-order chi connectivity index (χ0) is 11.7. The van der Waals surface area contributed by atoms with Gasteiger partial charge in [0.25, 0.3) is 0 Å². The summed E-state index contributed by atoms with van der Waals surface area (Å²) in [4.78, 5) is 0. The van der Waals surface area contributed by atoms with Crippen molar-refractivity contribution in [1.29, 1.82) is 0 Å². The normalized spacial score (nSPS) is 31.7. The quantitative estimate of drug-likeness (QED) is 0.784. The highest BCUT2D eigenvalue weighted by Gasteiger charge is 2.50. The van der Waals surface area contributed by atoms with E-state index in [0.29, 0.717) is 18.5 Å². The Kier molecular flexibility index (Phi) is 3.82. The highest BCUT2D eigenvalue weighted by molar-refractivity contribution is 7.92. The number of rotatable bonds is 5. The zero-order valence-corrected chi connectivity index (χ0v) is 11.0. The van der Waals surface area contributed by atoms with Crippen LogP contribution in [-0.4, -0.2) is 32.0 Å². The summed E-state index contributed by atoms with van der Waals surface area (Å²) < 4.78 is 23.1. The summed E-state index contributed by atoms with van der Waals surface area (Å²) in [5.74, 6) is 0.605. The molecule has 0 aromatic rings. The van der Waals surface area contributed by atoms with Gasteiger partial charge < -0.3 is 5.32 Å². The Labute approximate surface area is 93.6 Å². The van der Waals surface area contributed by atoms with E-state index in [9.17, 15) is 8.42 Å². The van der Waals surface area contributed by atoms with E-state index in [4.69, 9.17) is 0 Å². The summed E-state index contributed by atoms with van der Waals surface area (Å²) in [6, 6.07) is 0.351. The lowest BCUT2D eigenvalue weighted by Gasteiger charge is -2.46. The first kappa shape index (κ1) is 13.0.